The lowest BCUT2D eigenvalue weighted by atomic mass is 10.2. The molecule has 0 aliphatic heterocycles. The molecule has 2 heterocycles. The molecule has 2 N–H and O–H groups in total. The summed E-state index contributed by atoms with van der Waals surface area (Å²) < 4.78 is 0. The average molecular weight is 255 g/mol. The van der Waals surface area contributed by atoms with Crippen molar-refractivity contribution >= 4 is 16.9 Å². The summed E-state index contributed by atoms with van der Waals surface area (Å²) >= 11 is 0. The Hall–Kier alpha value is -2.57. The average Bonchev–Trinajstić information content (AvgIpc) is 2.93. The molecule has 0 saturated carbocycles. The molecule has 0 aliphatic carbocycles. The van der Waals surface area contributed by atoms with Gasteiger partial charge < -0.3 is 5.32 Å². The number of H-pyrrole nitrogens is 1. The molecule has 3 aromatic rings. The Balaban J connectivity index is 1.94. The van der Waals surface area contributed by atoms with Crippen LogP contribution in [0.15, 0.2) is 24.3 Å². The van der Waals surface area contributed by atoms with E-state index in [2.05, 4.69) is 35.9 Å². The molecule has 0 bridgehead atoms. The molecule has 1 atom stereocenters. The summed E-state index contributed by atoms with van der Waals surface area (Å²) in [5, 5.41) is 17.1. The first-order chi connectivity index (χ1) is 9.24. The number of nitrogens with zero attached hydrogens (tertiary/aromatic N) is 5. The van der Waals surface area contributed by atoms with Gasteiger partial charge in [-0.05, 0) is 26.0 Å². The fourth-order valence-electron chi connectivity index (χ4n) is 1.85. The zero-order chi connectivity index (χ0) is 13.2. The molecule has 0 radical (unpaired) electrons. The zero-order valence-electron chi connectivity index (χ0n) is 10.6. The lowest BCUT2D eigenvalue weighted by Gasteiger charge is -2.13. The van der Waals surface area contributed by atoms with Crippen LogP contribution in [0.4, 0.5) is 5.82 Å². The molecule has 0 amide bonds. The van der Waals surface area contributed by atoms with E-state index in [4.69, 9.17) is 0 Å². The van der Waals surface area contributed by atoms with Crippen LogP contribution in [-0.2, 0) is 0 Å². The van der Waals surface area contributed by atoms with Crippen LogP contribution in [-0.4, -0.2) is 30.6 Å². The molecule has 0 spiro atoms. The van der Waals surface area contributed by atoms with Gasteiger partial charge in [0.05, 0.1) is 22.8 Å². The Kier molecular flexibility index (Phi) is 2.79. The van der Waals surface area contributed by atoms with Gasteiger partial charge in [0.25, 0.3) is 0 Å². The topological polar surface area (TPSA) is 92.3 Å². The van der Waals surface area contributed by atoms with E-state index in [0.29, 0.717) is 5.82 Å². The molecule has 2 aromatic heterocycles. The lowest BCUT2D eigenvalue weighted by molar-refractivity contribution is 0.786. The highest BCUT2D eigenvalue weighted by molar-refractivity contribution is 5.76. The Bertz CT molecular complexity index is 692. The number of benzene rings is 1. The number of fused-ring (bicyclic) bond motifs is 1. The quantitative estimate of drug-likeness (QED) is 0.739. The van der Waals surface area contributed by atoms with Crippen LogP contribution >= 0.6 is 0 Å². The molecule has 0 saturated heterocycles. The van der Waals surface area contributed by atoms with Gasteiger partial charge in [-0.2, -0.15) is 5.21 Å². The third-order valence-electron chi connectivity index (χ3n) is 2.85. The maximum absolute atomic E-state index is 4.56. The van der Waals surface area contributed by atoms with Crippen molar-refractivity contribution in [2.24, 2.45) is 0 Å². The van der Waals surface area contributed by atoms with E-state index in [0.717, 1.165) is 22.5 Å². The van der Waals surface area contributed by atoms with Crippen molar-refractivity contribution in [3.05, 3.63) is 35.8 Å². The van der Waals surface area contributed by atoms with Gasteiger partial charge in [-0.1, -0.05) is 17.3 Å². The number of anilines is 1. The zero-order valence-corrected chi connectivity index (χ0v) is 10.6. The van der Waals surface area contributed by atoms with Crippen molar-refractivity contribution < 1.29 is 0 Å². The Labute approximate surface area is 109 Å². The maximum atomic E-state index is 4.56. The fraction of sp³-hybridized carbons (Fsp3) is 0.250. The molecule has 1 unspecified atom stereocenters. The van der Waals surface area contributed by atoms with Gasteiger partial charge in [-0.3, -0.25) is 0 Å². The van der Waals surface area contributed by atoms with Gasteiger partial charge >= 0.3 is 0 Å². The van der Waals surface area contributed by atoms with E-state index in [1.54, 1.807) is 0 Å². The van der Waals surface area contributed by atoms with Gasteiger partial charge in [-0.15, -0.1) is 10.2 Å². The minimum absolute atomic E-state index is 0.0899. The highest BCUT2D eigenvalue weighted by atomic mass is 15.5. The molecule has 0 aliphatic rings. The number of rotatable bonds is 3. The van der Waals surface area contributed by atoms with Crippen LogP contribution < -0.4 is 5.32 Å². The summed E-state index contributed by atoms with van der Waals surface area (Å²) in [4.78, 5) is 9.09. The van der Waals surface area contributed by atoms with Crippen molar-refractivity contribution in [1.82, 2.24) is 30.6 Å². The van der Waals surface area contributed by atoms with Crippen molar-refractivity contribution in [3.63, 3.8) is 0 Å². The molecule has 3 rings (SSSR count). The Morgan fingerprint density at radius 1 is 1.16 bits per heavy atom. The van der Waals surface area contributed by atoms with E-state index >= 15 is 0 Å². The molecule has 7 heteroatoms. The first-order valence-electron chi connectivity index (χ1n) is 5.97. The maximum Gasteiger partial charge on any atom is 0.196 e. The smallest absolute Gasteiger partial charge is 0.196 e. The highest BCUT2D eigenvalue weighted by Gasteiger charge is 2.13. The molecule has 1 aromatic carbocycles. The summed E-state index contributed by atoms with van der Waals surface area (Å²) in [5.41, 5.74) is 2.59. The molecule has 96 valence electrons. The number of nitrogens with one attached hydrogen (secondary N) is 2. The van der Waals surface area contributed by atoms with Crippen LogP contribution in [0.25, 0.3) is 11.0 Å². The van der Waals surface area contributed by atoms with Gasteiger partial charge in [0.1, 0.15) is 5.82 Å². The monoisotopic (exact) mass is 255 g/mol. The summed E-state index contributed by atoms with van der Waals surface area (Å²) in [7, 11) is 0. The molecular weight excluding hydrogens is 242 g/mol. The lowest BCUT2D eigenvalue weighted by Crippen LogP contribution is -2.11. The normalized spacial score (nSPS) is 12.5. The van der Waals surface area contributed by atoms with E-state index in [-0.39, 0.29) is 6.04 Å². The van der Waals surface area contributed by atoms with Crippen molar-refractivity contribution in [2.75, 3.05) is 5.32 Å². The van der Waals surface area contributed by atoms with Gasteiger partial charge in [0.2, 0.25) is 0 Å². The second-order valence-corrected chi connectivity index (χ2v) is 4.28. The molecule has 7 nitrogen and oxygen atoms in total. The Morgan fingerprint density at radius 3 is 2.58 bits per heavy atom. The van der Waals surface area contributed by atoms with E-state index in [1.165, 1.54) is 0 Å². The van der Waals surface area contributed by atoms with Crippen LogP contribution in [0.3, 0.4) is 0 Å². The summed E-state index contributed by atoms with van der Waals surface area (Å²) in [6, 6.07) is 7.69. The van der Waals surface area contributed by atoms with E-state index in [1.807, 2.05) is 38.1 Å². The number of aromatic amines is 1. The second-order valence-electron chi connectivity index (χ2n) is 4.28. The van der Waals surface area contributed by atoms with E-state index < -0.39 is 0 Å². The van der Waals surface area contributed by atoms with Gasteiger partial charge in [0.15, 0.2) is 5.82 Å². The number of tetrazole rings is 1. The van der Waals surface area contributed by atoms with Crippen LogP contribution in [0.5, 0.6) is 0 Å². The summed E-state index contributed by atoms with van der Waals surface area (Å²) in [5.74, 6) is 1.32. The second kappa shape index (κ2) is 4.60. The number of aryl methyl sites for hydroxylation is 1. The van der Waals surface area contributed by atoms with Crippen LogP contribution in [0.1, 0.15) is 24.5 Å². The third-order valence-corrected chi connectivity index (χ3v) is 2.85. The highest BCUT2D eigenvalue weighted by Crippen LogP contribution is 2.19. The van der Waals surface area contributed by atoms with Gasteiger partial charge in [-0.25, -0.2) is 9.97 Å². The Morgan fingerprint density at radius 2 is 1.89 bits per heavy atom. The SMILES string of the molecule is Cc1nc2ccccc2nc1NC(C)c1nn[nH]n1. The van der Waals surface area contributed by atoms with Crippen molar-refractivity contribution in [3.8, 4) is 0 Å². The molecule has 19 heavy (non-hydrogen) atoms. The van der Waals surface area contributed by atoms with E-state index in [9.17, 15) is 0 Å². The summed E-state index contributed by atoms with van der Waals surface area (Å²) in [6.07, 6.45) is 0. The third kappa shape index (κ3) is 2.22. The first-order valence-corrected chi connectivity index (χ1v) is 5.97. The minimum Gasteiger partial charge on any atom is -0.359 e. The number of para-hydroxylation sites is 2. The fourth-order valence-corrected chi connectivity index (χ4v) is 1.85. The number of hydrogen-bond donors (Lipinski definition) is 2. The van der Waals surface area contributed by atoms with Crippen molar-refractivity contribution in [1.29, 1.82) is 0 Å². The predicted molar refractivity (Wildman–Crippen MR) is 70.5 cm³/mol. The number of hydrogen-bond acceptors (Lipinski definition) is 6. The van der Waals surface area contributed by atoms with Gasteiger partial charge in [0, 0.05) is 0 Å². The van der Waals surface area contributed by atoms with Crippen molar-refractivity contribution in [2.45, 2.75) is 19.9 Å². The minimum atomic E-state index is -0.0899. The first kappa shape index (κ1) is 11.5. The predicted octanol–water partition coefficient (Wildman–Crippen LogP) is 1.62. The molecular formula is C12H13N7. The van der Waals surface area contributed by atoms with Crippen LogP contribution in [0, 0.1) is 6.92 Å². The summed E-state index contributed by atoms with van der Waals surface area (Å²) in [6.45, 7) is 3.87. The van der Waals surface area contributed by atoms with Crippen LogP contribution in [0.2, 0.25) is 0 Å². The molecule has 0 fully saturated rings. The largest absolute Gasteiger partial charge is 0.359 e. The standard InChI is InChI=1S/C12H13N7/c1-7-11(14-8(2)12-16-18-19-17-12)15-10-6-4-3-5-9(10)13-7/h3-6,8H,1-2H3,(H,14,15)(H,16,17,18,19). The number of aromatic nitrogens is 6.